The minimum Gasteiger partial charge on any atom is -0.469 e. The molecule has 0 radical (unpaired) electrons. The highest BCUT2D eigenvalue weighted by Crippen LogP contribution is 2.29. The minimum absolute atomic E-state index is 0.148. The fraction of sp³-hybridized carbons (Fsp3) is 0.333. The molecule has 0 fully saturated rings. The van der Waals surface area contributed by atoms with E-state index in [4.69, 9.17) is 0 Å². The van der Waals surface area contributed by atoms with Gasteiger partial charge < -0.3 is 9.64 Å². The maximum absolute atomic E-state index is 13.8. The fourth-order valence-corrected chi connectivity index (χ4v) is 2.82. The van der Waals surface area contributed by atoms with Crippen molar-refractivity contribution in [3.05, 3.63) is 46.7 Å². The second kappa shape index (κ2) is 6.67. The number of anilines is 1. The molecule has 0 saturated carbocycles. The topological polar surface area (TPSA) is 42.4 Å². The first-order valence-corrected chi connectivity index (χ1v) is 7.39. The largest absolute Gasteiger partial charge is 0.469 e. The van der Waals surface area contributed by atoms with Crippen LogP contribution in [0.15, 0.2) is 29.6 Å². The summed E-state index contributed by atoms with van der Waals surface area (Å²) in [6.45, 7) is 1.92. The quantitative estimate of drug-likeness (QED) is 0.796. The van der Waals surface area contributed by atoms with E-state index in [0.29, 0.717) is 11.3 Å². The lowest BCUT2D eigenvalue weighted by molar-refractivity contribution is -0.139. The Morgan fingerprint density at radius 2 is 2.19 bits per heavy atom. The molecule has 2 aromatic rings. The third-order valence-electron chi connectivity index (χ3n) is 3.33. The molecule has 1 heterocycles. The molecule has 0 N–H and O–H groups in total. The summed E-state index contributed by atoms with van der Waals surface area (Å²) in [7, 11) is 3.21. The number of esters is 1. The predicted molar refractivity (Wildman–Crippen MR) is 81.1 cm³/mol. The highest BCUT2D eigenvalue weighted by atomic mass is 32.1. The van der Waals surface area contributed by atoms with Crippen molar-refractivity contribution in [3.63, 3.8) is 0 Å². The van der Waals surface area contributed by atoms with Crippen LogP contribution in [-0.4, -0.2) is 25.1 Å². The third-order valence-corrected chi connectivity index (χ3v) is 4.31. The third kappa shape index (κ3) is 3.58. The van der Waals surface area contributed by atoms with Crippen molar-refractivity contribution in [2.45, 2.75) is 19.4 Å². The molecular weight excluding hydrogens is 291 g/mol. The van der Waals surface area contributed by atoms with Crippen molar-refractivity contribution in [1.29, 1.82) is 0 Å². The number of aromatic nitrogens is 1. The molecule has 6 heteroatoms. The number of hydrogen-bond donors (Lipinski definition) is 0. The van der Waals surface area contributed by atoms with Gasteiger partial charge in [-0.15, -0.1) is 11.3 Å². The van der Waals surface area contributed by atoms with Crippen LogP contribution in [0.4, 0.5) is 9.52 Å². The molecule has 0 amide bonds. The van der Waals surface area contributed by atoms with E-state index in [1.54, 1.807) is 12.1 Å². The van der Waals surface area contributed by atoms with Crippen LogP contribution < -0.4 is 4.90 Å². The molecule has 0 aliphatic carbocycles. The molecule has 0 spiro atoms. The normalized spacial score (nSPS) is 12.0. The summed E-state index contributed by atoms with van der Waals surface area (Å²) in [4.78, 5) is 17.5. The maximum atomic E-state index is 13.8. The number of hydrogen-bond acceptors (Lipinski definition) is 5. The second-order valence-electron chi connectivity index (χ2n) is 4.68. The lowest BCUT2D eigenvalue weighted by Crippen LogP contribution is -2.22. The van der Waals surface area contributed by atoms with Gasteiger partial charge in [0.25, 0.3) is 0 Å². The summed E-state index contributed by atoms with van der Waals surface area (Å²) in [6, 6.07) is 6.55. The molecule has 21 heavy (non-hydrogen) atoms. The van der Waals surface area contributed by atoms with Crippen LogP contribution in [0.25, 0.3) is 0 Å². The Labute approximate surface area is 127 Å². The van der Waals surface area contributed by atoms with Crippen LogP contribution in [0.1, 0.15) is 24.2 Å². The van der Waals surface area contributed by atoms with Crippen LogP contribution in [0.3, 0.4) is 0 Å². The van der Waals surface area contributed by atoms with Gasteiger partial charge >= 0.3 is 5.97 Å². The van der Waals surface area contributed by atoms with Crippen LogP contribution in [0.5, 0.6) is 0 Å². The van der Waals surface area contributed by atoms with Gasteiger partial charge in [0.1, 0.15) is 5.82 Å². The minimum atomic E-state index is -0.323. The number of carbonyl (C=O) groups excluding carboxylic acids is 1. The van der Waals surface area contributed by atoms with Crippen molar-refractivity contribution in [2.24, 2.45) is 0 Å². The van der Waals surface area contributed by atoms with Crippen molar-refractivity contribution in [3.8, 4) is 0 Å². The average Bonchev–Trinajstić information content (AvgIpc) is 2.94. The number of nitrogens with zero attached hydrogens (tertiary/aromatic N) is 2. The van der Waals surface area contributed by atoms with Gasteiger partial charge in [0, 0.05) is 18.0 Å². The molecule has 0 aliphatic heterocycles. The van der Waals surface area contributed by atoms with Crippen molar-refractivity contribution < 1.29 is 13.9 Å². The Morgan fingerprint density at radius 3 is 2.86 bits per heavy atom. The first-order chi connectivity index (χ1) is 10.0. The molecule has 1 atom stereocenters. The Hall–Kier alpha value is -1.95. The van der Waals surface area contributed by atoms with Crippen LogP contribution in [0.2, 0.25) is 0 Å². The van der Waals surface area contributed by atoms with E-state index in [9.17, 15) is 9.18 Å². The smallest absolute Gasteiger partial charge is 0.311 e. The van der Waals surface area contributed by atoms with Crippen LogP contribution >= 0.6 is 11.3 Å². The predicted octanol–water partition coefficient (Wildman–Crippen LogP) is 3.20. The van der Waals surface area contributed by atoms with Gasteiger partial charge in [-0.3, -0.25) is 4.79 Å². The summed E-state index contributed by atoms with van der Waals surface area (Å²) >= 11 is 1.42. The molecule has 112 valence electrons. The molecule has 1 unspecified atom stereocenters. The number of methoxy groups -OCH3 is 1. The summed E-state index contributed by atoms with van der Waals surface area (Å²) < 4.78 is 18.5. The summed E-state index contributed by atoms with van der Waals surface area (Å²) in [5, 5.41) is 2.56. The molecule has 2 rings (SSSR count). The van der Waals surface area contributed by atoms with E-state index in [0.717, 1.165) is 5.13 Å². The monoisotopic (exact) mass is 308 g/mol. The van der Waals surface area contributed by atoms with Gasteiger partial charge in [0.2, 0.25) is 0 Å². The zero-order valence-corrected chi connectivity index (χ0v) is 13.0. The zero-order valence-electron chi connectivity index (χ0n) is 12.2. The maximum Gasteiger partial charge on any atom is 0.311 e. The molecule has 0 bridgehead atoms. The SMILES string of the molecule is COC(=O)Cc1csc(N(C)C(C)c2ccccc2F)n1. The van der Waals surface area contributed by atoms with Gasteiger partial charge in [-0.05, 0) is 13.0 Å². The lowest BCUT2D eigenvalue weighted by Gasteiger charge is -2.24. The molecular formula is C15H17FN2O2S. The molecule has 0 saturated heterocycles. The van der Waals surface area contributed by atoms with Gasteiger partial charge in [-0.2, -0.15) is 0 Å². The molecule has 1 aromatic carbocycles. The van der Waals surface area contributed by atoms with Gasteiger partial charge in [0.15, 0.2) is 5.13 Å². The number of halogens is 1. The first-order valence-electron chi connectivity index (χ1n) is 6.51. The second-order valence-corrected chi connectivity index (χ2v) is 5.52. The highest BCUT2D eigenvalue weighted by molar-refractivity contribution is 7.13. The van der Waals surface area contributed by atoms with Crippen LogP contribution in [0, 0.1) is 5.82 Å². The number of rotatable bonds is 5. The van der Waals surface area contributed by atoms with Crippen molar-refractivity contribution in [2.75, 3.05) is 19.1 Å². The Morgan fingerprint density at radius 1 is 1.48 bits per heavy atom. The van der Waals surface area contributed by atoms with Crippen molar-refractivity contribution >= 4 is 22.4 Å². The zero-order chi connectivity index (χ0) is 15.4. The first kappa shape index (κ1) is 15.4. The van der Waals surface area contributed by atoms with Crippen molar-refractivity contribution in [1.82, 2.24) is 4.98 Å². The van der Waals surface area contributed by atoms with Gasteiger partial charge in [-0.25, -0.2) is 9.37 Å². The van der Waals surface area contributed by atoms with E-state index in [-0.39, 0.29) is 24.2 Å². The van der Waals surface area contributed by atoms with E-state index in [1.165, 1.54) is 24.5 Å². The van der Waals surface area contributed by atoms with Gasteiger partial charge in [-0.1, -0.05) is 18.2 Å². The Kier molecular flexibility index (Phi) is 4.90. The highest BCUT2D eigenvalue weighted by Gasteiger charge is 2.18. The fourth-order valence-electron chi connectivity index (χ4n) is 1.95. The summed E-state index contributed by atoms with van der Waals surface area (Å²) in [5.41, 5.74) is 1.28. The summed E-state index contributed by atoms with van der Waals surface area (Å²) in [6.07, 6.45) is 0.148. The molecule has 4 nitrogen and oxygen atoms in total. The van der Waals surface area contributed by atoms with E-state index in [1.807, 2.05) is 30.3 Å². The standard InChI is InChI=1S/C15H17FN2O2S/c1-10(12-6-4-5-7-13(12)16)18(2)15-17-11(9-21-15)8-14(19)20-3/h4-7,9-10H,8H2,1-3H3. The van der Waals surface area contributed by atoms with E-state index >= 15 is 0 Å². The number of ether oxygens (including phenoxy) is 1. The lowest BCUT2D eigenvalue weighted by atomic mass is 10.1. The Balaban J connectivity index is 2.14. The van der Waals surface area contributed by atoms with Gasteiger partial charge in [0.05, 0.1) is 25.3 Å². The van der Waals surface area contributed by atoms with E-state index < -0.39 is 0 Å². The van der Waals surface area contributed by atoms with E-state index in [2.05, 4.69) is 9.72 Å². The van der Waals surface area contributed by atoms with Crippen LogP contribution in [-0.2, 0) is 16.0 Å². The number of thiazole rings is 1. The molecule has 0 aliphatic rings. The number of carbonyl (C=O) groups is 1. The summed E-state index contributed by atoms with van der Waals surface area (Å²) in [5.74, 6) is -0.556. The molecule has 1 aromatic heterocycles. The Bertz CT molecular complexity index is 630. The average molecular weight is 308 g/mol. The number of benzene rings is 1.